The van der Waals surface area contributed by atoms with Crippen molar-refractivity contribution in [2.75, 3.05) is 13.2 Å². The molecule has 2 aliphatic heterocycles. The molecule has 5 atom stereocenters. The van der Waals surface area contributed by atoms with Crippen LogP contribution in [0.5, 0.6) is 0 Å². The van der Waals surface area contributed by atoms with Crippen molar-refractivity contribution in [1.82, 2.24) is 15.5 Å². The number of hydrogen-bond donors (Lipinski definition) is 3. The molecule has 3 fully saturated rings. The van der Waals surface area contributed by atoms with Crippen LogP contribution in [0.3, 0.4) is 0 Å². The maximum atomic E-state index is 13.5. The Hall–Kier alpha value is -2.36. The van der Waals surface area contributed by atoms with Crippen LogP contribution in [0.2, 0.25) is 0 Å². The number of esters is 1. The van der Waals surface area contributed by atoms with Crippen LogP contribution in [0.25, 0.3) is 0 Å². The Bertz CT molecular complexity index is 811. The van der Waals surface area contributed by atoms with Crippen molar-refractivity contribution in [3.8, 4) is 0 Å². The molecule has 3 aliphatic rings. The first-order chi connectivity index (χ1) is 16.5. The fourth-order valence-electron chi connectivity index (χ4n) is 5.18. The molecule has 10 nitrogen and oxygen atoms in total. The largest absolute Gasteiger partial charge is 0.464 e. The lowest BCUT2D eigenvalue weighted by atomic mass is 10.0. The van der Waals surface area contributed by atoms with Crippen molar-refractivity contribution >= 4 is 23.9 Å². The van der Waals surface area contributed by atoms with Gasteiger partial charge in [-0.05, 0) is 52.9 Å². The third-order valence-corrected chi connectivity index (χ3v) is 6.99. The van der Waals surface area contributed by atoms with E-state index in [-0.39, 0.29) is 25.5 Å². The minimum atomic E-state index is -1.07. The molecule has 0 aromatic heterocycles. The molecular weight excluding hydrogens is 454 g/mol. The van der Waals surface area contributed by atoms with Crippen LogP contribution in [-0.2, 0) is 23.9 Å². The topological polar surface area (TPSA) is 134 Å². The van der Waals surface area contributed by atoms with Gasteiger partial charge in [0.15, 0.2) is 0 Å². The molecule has 3 N–H and O–H groups in total. The first-order valence-corrected chi connectivity index (χ1v) is 12.9. The number of carbonyl (C=O) groups excluding carboxylic acids is 4. The molecule has 35 heavy (non-hydrogen) atoms. The zero-order valence-electron chi connectivity index (χ0n) is 21.4. The Balaban J connectivity index is 1.82. The van der Waals surface area contributed by atoms with Crippen LogP contribution < -0.4 is 10.6 Å². The standard InChI is InChI=1S/C25H41N3O7/c1-5-34-22(32)25-14-16(25)11-9-7-6-8-10-12-18(26-23(33)35-24(2,3)4)21(31)28-15-17(29)13-19(28)20(30)27-25/h16-19,29H,5-15H2,1-4H3,(H,26,33)(H,27,30)/t16-,17+,18+,19+,25-/m1/s1. The highest BCUT2D eigenvalue weighted by Gasteiger charge is 2.62. The Morgan fingerprint density at radius 3 is 2.46 bits per heavy atom. The van der Waals surface area contributed by atoms with E-state index in [2.05, 4.69) is 10.6 Å². The molecule has 0 bridgehead atoms. The smallest absolute Gasteiger partial charge is 0.408 e. The highest BCUT2D eigenvalue weighted by molar-refractivity contribution is 5.96. The molecule has 1 saturated carbocycles. The quantitative estimate of drug-likeness (QED) is 0.510. The second-order valence-electron chi connectivity index (χ2n) is 11.0. The highest BCUT2D eigenvalue weighted by atomic mass is 16.6. The number of aliphatic hydroxyl groups excluding tert-OH is 1. The summed E-state index contributed by atoms with van der Waals surface area (Å²) in [5.41, 5.74) is -1.79. The van der Waals surface area contributed by atoms with Crippen molar-refractivity contribution in [2.45, 2.75) is 115 Å². The SMILES string of the molecule is CCOC(=O)[C@@]12C[C@H]1CCCCCCC[C@H](NC(=O)OC(C)(C)C)C(=O)N1C[C@@H](O)C[C@H]1C(=O)N2. The highest BCUT2D eigenvalue weighted by Crippen LogP contribution is 2.48. The average Bonchev–Trinajstić information content (AvgIpc) is 3.30. The van der Waals surface area contributed by atoms with Gasteiger partial charge in [0.25, 0.3) is 0 Å². The van der Waals surface area contributed by atoms with Gasteiger partial charge in [0.05, 0.1) is 12.7 Å². The van der Waals surface area contributed by atoms with Gasteiger partial charge in [0.1, 0.15) is 23.2 Å². The summed E-state index contributed by atoms with van der Waals surface area (Å²) in [6, 6.07) is -1.80. The van der Waals surface area contributed by atoms with Gasteiger partial charge in [-0.3, -0.25) is 9.59 Å². The van der Waals surface area contributed by atoms with Crippen LogP contribution in [0.15, 0.2) is 0 Å². The Morgan fingerprint density at radius 2 is 1.80 bits per heavy atom. The second kappa shape index (κ2) is 11.1. The number of nitrogens with zero attached hydrogens (tertiary/aromatic N) is 1. The summed E-state index contributed by atoms with van der Waals surface area (Å²) in [4.78, 5) is 53.5. The van der Waals surface area contributed by atoms with Gasteiger partial charge in [-0.15, -0.1) is 0 Å². The molecule has 0 aromatic rings. The summed E-state index contributed by atoms with van der Waals surface area (Å²) in [7, 11) is 0. The maximum Gasteiger partial charge on any atom is 0.408 e. The van der Waals surface area contributed by atoms with Crippen LogP contribution in [-0.4, -0.2) is 76.4 Å². The molecule has 1 aliphatic carbocycles. The van der Waals surface area contributed by atoms with Gasteiger partial charge in [0, 0.05) is 13.0 Å². The van der Waals surface area contributed by atoms with Gasteiger partial charge < -0.3 is 30.1 Å². The molecule has 3 rings (SSSR count). The number of rotatable bonds is 3. The van der Waals surface area contributed by atoms with E-state index in [0.29, 0.717) is 12.8 Å². The number of hydrogen-bond acceptors (Lipinski definition) is 7. The van der Waals surface area contributed by atoms with Crippen molar-refractivity contribution in [1.29, 1.82) is 0 Å². The number of aliphatic hydroxyl groups is 1. The summed E-state index contributed by atoms with van der Waals surface area (Å²) in [6.45, 7) is 7.16. The molecule has 3 amide bonds. The van der Waals surface area contributed by atoms with Gasteiger partial charge >= 0.3 is 12.1 Å². The third-order valence-electron chi connectivity index (χ3n) is 6.99. The summed E-state index contributed by atoms with van der Waals surface area (Å²) in [5, 5.41) is 15.9. The molecule has 0 spiro atoms. The summed E-state index contributed by atoms with van der Waals surface area (Å²) < 4.78 is 10.6. The number of carbonyl (C=O) groups is 4. The Labute approximate surface area is 207 Å². The summed E-state index contributed by atoms with van der Waals surface area (Å²) in [5.74, 6) is -1.34. The lowest BCUT2D eigenvalue weighted by Gasteiger charge is -2.30. The molecule has 0 aromatic carbocycles. The molecule has 10 heteroatoms. The van der Waals surface area contributed by atoms with Gasteiger partial charge in [-0.25, -0.2) is 9.59 Å². The molecule has 0 unspecified atom stereocenters. The number of alkyl carbamates (subject to hydrolysis) is 1. The van der Waals surface area contributed by atoms with E-state index < -0.39 is 53.2 Å². The lowest BCUT2D eigenvalue weighted by molar-refractivity contribution is -0.150. The first kappa shape index (κ1) is 27.2. The fraction of sp³-hybridized carbons (Fsp3) is 0.840. The van der Waals surface area contributed by atoms with E-state index in [1.165, 1.54) is 4.90 Å². The van der Waals surface area contributed by atoms with Gasteiger partial charge in [0.2, 0.25) is 11.8 Å². The Morgan fingerprint density at radius 1 is 1.14 bits per heavy atom. The van der Waals surface area contributed by atoms with E-state index in [1.807, 2.05) is 0 Å². The van der Waals surface area contributed by atoms with Crippen LogP contribution >= 0.6 is 0 Å². The monoisotopic (exact) mass is 495 g/mol. The van der Waals surface area contributed by atoms with Crippen molar-refractivity contribution in [2.24, 2.45) is 5.92 Å². The van der Waals surface area contributed by atoms with E-state index in [1.54, 1.807) is 27.7 Å². The van der Waals surface area contributed by atoms with Crippen LogP contribution in [0, 0.1) is 5.92 Å². The molecular formula is C25H41N3O7. The predicted octanol–water partition coefficient (Wildman–Crippen LogP) is 2.02. The van der Waals surface area contributed by atoms with E-state index in [4.69, 9.17) is 9.47 Å². The lowest BCUT2D eigenvalue weighted by Crippen LogP contribution is -2.56. The van der Waals surface area contributed by atoms with Crippen molar-refractivity contribution in [3.63, 3.8) is 0 Å². The number of fused-ring (bicyclic) bond motifs is 2. The summed E-state index contributed by atoms with van der Waals surface area (Å²) >= 11 is 0. The van der Waals surface area contributed by atoms with E-state index >= 15 is 0 Å². The van der Waals surface area contributed by atoms with Crippen molar-refractivity contribution in [3.05, 3.63) is 0 Å². The van der Waals surface area contributed by atoms with Gasteiger partial charge in [-0.2, -0.15) is 0 Å². The van der Waals surface area contributed by atoms with Crippen molar-refractivity contribution < 1.29 is 33.8 Å². The molecule has 0 radical (unpaired) electrons. The van der Waals surface area contributed by atoms with Crippen LogP contribution in [0.4, 0.5) is 4.79 Å². The predicted molar refractivity (Wildman–Crippen MR) is 127 cm³/mol. The minimum absolute atomic E-state index is 0.00712. The summed E-state index contributed by atoms with van der Waals surface area (Å²) in [6.07, 6.45) is 4.78. The number of nitrogens with one attached hydrogen (secondary N) is 2. The number of ether oxygens (including phenoxy) is 2. The maximum absolute atomic E-state index is 13.5. The van der Waals surface area contributed by atoms with E-state index in [0.717, 1.165) is 38.5 Å². The zero-order chi connectivity index (χ0) is 25.8. The molecule has 2 saturated heterocycles. The molecule has 2 heterocycles. The third kappa shape index (κ3) is 6.86. The number of amides is 3. The van der Waals surface area contributed by atoms with Gasteiger partial charge in [-0.1, -0.05) is 32.1 Å². The van der Waals surface area contributed by atoms with E-state index in [9.17, 15) is 24.3 Å². The fourth-order valence-corrected chi connectivity index (χ4v) is 5.18. The minimum Gasteiger partial charge on any atom is -0.464 e. The second-order valence-corrected chi connectivity index (χ2v) is 11.0. The molecule has 198 valence electrons. The zero-order valence-corrected chi connectivity index (χ0v) is 21.4. The normalized spacial score (nSPS) is 32.3. The average molecular weight is 496 g/mol. The van der Waals surface area contributed by atoms with Crippen LogP contribution in [0.1, 0.15) is 85.5 Å². The first-order valence-electron chi connectivity index (χ1n) is 12.9. The Kier molecular flexibility index (Phi) is 8.67.